The van der Waals surface area contributed by atoms with Gasteiger partial charge < -0.3 is 5.32 Å². The predicted molar refractivity (Wildman–Crippen MR) is 96.5 cm³/mol. The second-order valence-corrected chi connectivity index (χ2v) is 6.72. The van der Waals surface area contributed by atoms with Gasteiger partial charge in [0.25, 0.3) is 0 Å². The fraction of sp³-hybridized carbons (Fsp3) is 0.294. The van der Waals surface area contributed by atoms with Crippen LogP contribution in [0.1, 0.15) is 37.8 Å². The summed E-state index contributed by atoms with van der Waals surface area (Å²) in [7, 11) is 0. The minimum Gasteiger partial charge on any atom is -0.376 e. The summed E-state index contributed by atoms with van der Waals surface area (Å²) in [5.74, 6) is 0. The number of benzene rings is 2. The van der Waals surface area contributed by atoms with E-state index in [-0.39, 0.29) is 6.04 Å². The molecule has 1 atom stereocenters. The van der Waals surface area contributed by atoms with Gasteiger partial charge >= 0.3 is 0 Å². The van der Waals surface area contributed by atoms with Crippen molar-refractivity contribution in [3.8, 4) is 0 Å². The second kappa shape index (κ2) is 8.07. The predicted octanol–water partition coefficient (Wildman–Crippen LogP) is 7.10. The van der Waals surface area contributed by atoms with Gasteiger partial charge in [-0.05, 0) is 24.1 Å². The molecular formula is C17H18BrCl2N. The molecule has 0 aliphatic rings. The molecule has 1 unspecified atom stereocenters. The van der Waals surface area contributed by atoms with Gasteiger partial charge in [0.2, 0.25) is 0 Å². The van der Waals surface area contributed by atoms with Crippen LogP contribution < -0.4 is 5.32 Å². The molecule has 0 radical (unpaired) electrons. The zero-order chi connectivity index (χ0) is 15.2. The van der Waals surface area contributed by atoms with Crippen molar-refractivity contribution in [1.82, 2.24) is 0 Å². The molecule has 21 heavy (non-hydrogen) atoms. The van der Waals surface area contributed by atoms with E-state index in [1.807, 2.05) is 18.2 Å². The number of unbranched alkanes of at least 4 members (excludes halogenated alkanes) is 1. The number of anilines is 1. The van der Waals surface area contributed by atoms with Gasteiger partial charge in [-0.15, -0.1) is 0 Å². The van der Waals surface area contributed by atoms with Gasteiger partial charge in [-0.2, -0.15) is 0 Å². The lowest BCUT2D eigenvalue weighted by molar-refractivity contribution is 0.634. The molecule has 2 aromatic rings. The molecule has 4 heteroatoms. The lowest BCUT2D eigenvalue weighted by Crippen LogP contribution is -2.11. The molecule has 1 nitrogen and oxygen atoms in total. The minimum atomic E-state index is 0.210. The van der Waals surface area contributed by atoms with E-state index in [0.29, 0.717) is 10.0 Å². The molecule has 0 aliphatic heterocycles. The highest BCUT2D eigenvalue weighted by molar-refractivity contribution is 9.10. The van der Waals surface area contributed by atoms with Crippen molar-refractivity contribution in [2.24, 2.45) is 0 Å². The lowest BCUT2D eigenvalue weighted by Gasteiger charge is -2.22. The minimum absolute atomic E-state index is 0.210. The van der Waals surface area contributed by atoms with Gasteiger partial charge in [0.15, 0.2) is 0 Å². The number of nitrogens with one attached hydrogen (secondary N) is 1. The van der Waals surface area contributed by atoms with Crippen molar-refractivity contribution in [3.05, 3.63) is 62.5 Å². The molecule has 2 rings (SSSR count). The SMILES string of the molecule is CCCCC(Nc1c(Cl)cc(Br)cc1Cl)c1ccccc1. The Bertz CT molecular complexity index is 564. The first kappa shape index (κ1) is 16.7. The summed E-state index contributed by atoms with van der Waals surface area (Å²) in [4.78, 5) is 0. The van der Waals surface area contributed by atoms with Crippen molar-refractivity contribution in [1.29, 1.82) is 0 Å². The van der Waals surface area contributed by atoms with Crippen LogP contribution in [-0.2, 0) is 0 Å². The normalized spacial score (nSPS) is 12.2. The average molecular weight is 387 g/mol. The molecule has 0 spiro atoms. The molecule has 0 saturated carbocycles. The quantitative estimate of drug-likeness (QED) is 0.558. The Morgan fingerprint density at radius 2 is 1.71 bits per heavy atom. The smallest absolute Gasteiger partial charge is 0.0724 e. The van der Waals surface area contributed by atoms with E-state index in [9.17, 15) is 0 Å². The fourth-order valence-electron chi connectivity index (χ4n) is 2.27. The van der Waals surface area contributed by atoms with Gasteiger partial charge in [-0.1, -0.05) is 89.2 Å². The topological polar surface area (TPSA) is 12.0 Å². The lowest BCUT2D eigenvalue weighted by atomic mass is 10.0. The molecule has 1 N–H and O–H groups in total. The van der Waals surface area contributed by atoms with Gasteiger partial charge in [0.1, 0.15) is 0 Å². The monoisotopic (exact) mass is 385 g/mol. The molecule has 0 aromatic heterocycles. The third kappa shape index (κ3) is 4.64. The zero-order valence-corrected chi connectivity index (χ0v) is 15.0. The van der Waals surface area contributed by atoms with Crippen molar-refractivity contribution in [2.75, 3.05) is 5.32 Å². The van der Waals surface area contributed by atoms with E-state index in [2.05, 4.69) is 52.4 Å². The largest absolute Gasteiger partial charge is 0.376 e. The van der Waals surface area contributed by atoms with Gasteiger partial charge in [0, 0.05) is 4.47 Å². The summed E-state index contributed by atoms with van der Waals surface area (Å²) >= 11 is 16.1. The Morgan fingerprint density at radius 1 is 1.10 bits per heavy atom. The Balaban J connectivity index is 2.27. The fourth-order valence-corrected chi connectivity index (χ4v) is 3.59. The molecule has 0 aliphatic carbocycles. The summed E-state index contributed by atoms with van der Waals surface area (Å²) in [5, 5.41) is 4.77. The molecule has 0 fully saturated rings. The first-order valence-electron chi connectivity index (χ1n) is 7.08. The summed E-state index contributed by atoms with van der Waals surface area (Å²) in [6, 6.07) is 14.3. The third-order valence-electron chi connectivity index (χ3n) is 3.37. The Hall–Kier alpha value is -0.700. The molecule has 0 bridgehead atoms. The zero-order valence-electron chi connectivity index (χ0n) is 11.9. The van der Waals surface area contributed by atoms with Gasteiger partial charge in [0.05, 0.1) is 21.8 Å². The molecule has 2 aromatic carbocycles. The van der Waals surface area contributed by atoms with Gasteiger partial charge in [-0.25, -0.2) is 0 Å². The molecule has 112 valence electrons. The first-order valence-corrected chi connectivity index (χ1v) is 8.62. The van der Waals surface area contributed by atoms with Crippen molar-refractivity contribution in [2.45, 2.75) is 32.2 Å². The van der Waals surface area contributed by atoms with Crippen molar-refractivity contribution in [3.63, 3.8) is 0 Å². The second-order valence-electron chi connectivity index (χ2n) is 4.99. The van der Waals surface area contributed by atoms with Crippen LogP contribution in [0.2, 0.25) is 10.0 Å². The van der Waals surface area contributed by atoms with E-state index in [0.717, 1.165) is 29.4 Å². The standard InChI is InChI=1S/C17H18BrCl2N/c1-2-3-9-16(12-7-5-4-6-8-12)21-17-14(19)10-13(18)11-15(17)20/h4-8,10-11,16,21H,2-3,9H2,1H3. The third-order valence-corrected chi connectivity index (χ3v) is 4.43. The summed E-state index contributed by atoms with van der Waals surface area (Å²) in [6.07, 6.45) is 3.36. The van der Waals surface area contributed by atoms with Crippen LogP contribution >= 0.6 is 39.1 Å². The number of hydrogen-bond donors (Lipinski definition) is 1. The van der Waals surface area contributed by atoms with E-state index < -0.39 is 0 Å². The summed E-state index contributed by atoms with van der Waals surface area (Å²) < 4.78 is 0.882. The average Bonchev–Trinajstić information content (AvgIpc) is 2.46. The Morgan fingerprint density at radius 3 is 2.29 bits per heavy atom. The number of hydrogen-bond acceptors (Lipinski definition) is 1. The summed E-state index contributed by atoms with van der Waals surface area (Å²) in [5.41, 5.74) is 2.05. The van der Waals surface area contributed by atoms with Crippen LogP contribution in [0.4, 0.5) is 5.69 Å². The Labute approximate surface area is 144 Å². The highest BCUT2D eigenvalue weighted by Gasteiger charge is 2.15. The Kier molecular flexibility index (Phi) is 6.40. The molecule has 0 saturated heterocycles. The number of halogens is 3. The van der Waals surface area contributed by atoms with Crippen molar-refractivity contribution >= 4 is 44.8 Å². The van der Waals surface area contributed by atoms with E-state index in [1.165, 1.54) is 5.56 Å². The van der Waals surface area contributed by atoms with Crippen LogP contribution in [0.3, 0.4) is 0 Å². The summed E-state index contributed by atoms with van der Waals surface area (Å²) in [6.45, 7) is 2.20. The van der Waals surface area contributed by atoms with Crippen LogP contribution in [-0.4, -0.2) is 0 Å². The van der Waals surface area contributed by atoms with E-state index in [4.69, 9.17) is 23.2 Å². The van der Waals surface area contributed by atoms with Crippen LogP contribution in [0, 0.1) is 0 Å². The number of rotatable bonds is 6. The van der Waals surface area contributed by atoms with E-state index >= 15 is 0 Å². The van der Waals surface area contributed by atoms with Gasteiger partial charge in [-0.3, -0.25) is 0 Å². The van der Waals surface area contributed by atoms with Crippen LogP contribution in [0.15, 0.2) is 46.9 Å². The van der Waals surface area contributed by atoms with Crippen molar-refractivity contribution < 1.29 is 0 Å². The maximum atomic E-state index is 6.32. The molecule has 0 amide bonds. The maximum Gasteiger partial charge on any atom is 0.0724 e. The molecular weight excluding hydrogens is 369 g/mol. The highest BCUT2D eigenvalue weighted by atomic mass is 79.9. The first-order chi connectivity index (χ1) is 10.1. The van der Waals surface area contributed by atoms with E-state index in [1.54, 1.807) is 0 Å². The molecule has 0 heterocycles. The highest BCUT2D eigenvalue weighted by Crippen LogP contribution is 2.37. The van der Waals surface area contributed by atoms with Crippen LogP contribution in [0.25, 0.3) is 0 Å². The van der Waals surface area contributed by atoms with Crippen LogP contribution in [0.5, 0.6) is 0 Å². The maximum absolute atomic E-state index is 6.32.